The molecule has 0 radical (unpaired) electrons. The Kier molecular flexibility index (Phi) is 2.11. The third-order valence-electron chi connectivity index (χ3n) is 2.22. The number of anilines is 1. The van der Waals surface area contributed by atoms with E-state index < -0.39 is 0 Å². The SMILES string of the molecule is CC(C)c1cc(Cl)cc2c(N)noc12. The van der Waals surface area contributed by atoms with Crippen molar-refractivity contribution in [1.82, 2.24) is 5.16 Å². The number of rotatable bonds is 1. The summed E-state index contributed by atoms with van der Waals surface area (Å²) in [6.07, 6.45) is 0. The van der Waals surface area contributed by atoms with Gasteiger partial charge >= 0.3 is 0 Å². The molecule has 2 aromatic rings. The van der Waals surface area contributed by atoms with E-state index in [2.05, 4.69) is 19.0 Å². The van der Waals surface area contributed by atoms with E-state index in [1.165, 1.54) is 0 Å². The summed E-state index contributed by atoms with van der Waals surface area (Å²) in [5.41, 5.74) is 7.43. The molecule has 4 heteroatoms. The van der Waals surface area contributed by atoms with Crippen molar-refractivity contribution in [2.75, 3.05) is 5.73 Å². The monoisotopic (exact) mass is 210 g/mol. The molecule has 2 rings (SSSR count). The number of benzene rings is 1. The molecule has 0 aliphatic rings. The Morgan fingerprint density at radius 2 is 2.14 bits per heavy atom. The van der Waals surface area contributed by atoms with Gasteiger partial charge in [0.1, 0.15) is 0 Å². The molecule has 0 saturated heterocycles. The van der Waals surface area contributed by atoms with Crippen LogP contribution in [0.3, 0.4) is 0 Å². The summed E-state index contributed by atoms with van der Waals surface area (Å²) in [4.78, 5) is 0. The fraction of sp³-hybridized carbons (Fsp3) is 0.300. The third kappa shape index (κ3) is 1.34. The molecule has 0 atom stereocenters. The Morgan fingerprint density at radius 3 is 2.79 bits per heavy atom. The molecule has 0 aliphatic heterocycles. The average molecular weight is 211 g/mol. The normalized spacial score (nSPS) is 11.4. The van der Waals surface area contributed by atoms with Crippen LogP contribution >= 0.6 is 11.6 Å². The first-order valence-corrected chi connectivity index (χ1v) is 4.81. The van der Waals surface area contributed by atoms with Crippen molar-refractivity contribution in [2.24, 2.45) is 0 Å². The van der Waals surface area contributed by atoms with Crippen molar-refractivity contribution in [3.05, 3.63) is 22.7 Å². The molecular formula is C10H11ClN2O. The summed E-state index contributed by atoms with van der Waals surface area (Å²) in [5.74, 6) is 0.730. The van der Waals surface area contributed by atoms with Crippen LogP contribution in [0.4, 0.5) is 5.82 Å². The second-order valence-corrected chi connectivity index (χ2v) is 4.03. The van der Waals surface area contributed by atoms with Gasteiger partial charge in [-0.3, -0.25) is 0 Å². The molecule has 0 amide bonds. The zero-order valence-electron chi connectivity index (χ0n) is 8.04. The number of nitrogens with zero attached hydrogens (tertiary/aromatic N) is 1. The van der Waals surface area contributed by atoms with Crippen LogP contribution in [0.15, 0.2) is 16.7 Å². The molecule has 0 bridgehead atoms. The topological polar surface area (TPSA) is 52.0 Å². The molecule has 0 spiro atoms. The van der Waals surface area contributed by atoms with Crippen molar-refractivity contribution in [2.45, 2.75) is 19.8 Å². The first-order chi connectivity index (χ1) is 6.59. The second-order valence-electron chi connectivity index (χ2n) is 3.59. The van der Waals surface area contributed by atoms with Crippen LogP contribution in [0.1, 0.15) is 25.3 Å². The fourth-order valence-electron chi connectivity index (χ4n) is 1.48. The van der Waals surface area contributed by atoms with Crippen molar-refractivity contribution in [3.8, 4) is 0 Å². The predicted molar refractivity (Wildman–Crippen MR) is 57.5 cm³/mol. The molecule has 1 aromatic carbocycles. The largest absolute Gasteiger partial charge is 0.380 e. The van der Waals surface area contributed by atoms with Crippen LogP contribution in [0, 0.1) is 0 Å². The standard InChI is InChI=1S/C10H11ClN2O/c1-5(2)7-3-6(11)4-8-9(7)14-13-10(8)12/h3-5H,1-2H3,(H2,12,13). The van der Waals surface area contributed by atoms with Gasteiger partial charge in [-0.2, -0.15) is 0 Å². The van der Waals surface area contributed by atoms with Crippen LogP contribution in [-0.2, 0) is 0 Å². The highest BCUT2D eigenvalue weighted by Crippen LogP contribution is 2.31. The molecule has 0 fully saturated rings. The number of fused-ring (bicyclic) bond motifs is 1. The van der Waals surface area contributed by atoms with Gasteiger partial charge in [0.15, 0.2) is 11.4 Å². The zero-order valence-corrected chi connectivity index (χ0v) is 8.80. The Balaban J connectivity index is 2.82. The Morgan fingerprint density at radius 1 is 1.43 bits per heavy atom. The van der Waals surface area contributed by atoms with Crippen LogP contribution in [0.5, 0.6) is 0 Å². The van der Waals surface area contributed by atoms with E-state index in [1.807, 2.05) is 6.07 Å². The fourth-order valence-corrected chi connectivity index (χ4v) is 1.71. The first kappa shape index (κ1) is 9.34. The number of nitrogens with two attached hydrogens (primary N) is 1. The van der Waals surface area contributed by atoms with Crippen molar-refractivity contribution >= 4 is 28.4 Å². The first-order valence-electron chi connectivity index (χ1n) is 4.44. The lowest BCUT2D eigenvalue weighted by Gasteiger charge is -2.05. The van der Waals surface area contributed by atoms with Crippen molar-refractivity contribution in [1.29, 1.82) is 0 Å². The molecular weight excluding hydrogens is 200 g/mol. The summed E-state index contributed by atoms with van der Waals surface area (Å²) in [7, 11) is 0. The van der Waals surface area contributed by atoms with Gasteiger partial charge in [0.25, 0.3) is 0 Å². The number of nitrogen functional groups attached to an aromatic ring is 1. The third-order valence-corrected chi connectivity index (χ3v) is 2.43. The lowest BCUT2D eigenvalue weighted by molar-refractivity contribution is 0.457. The number of hydrogen-bond acceptors (Lipinski definition) is 3. The molecule has 2 N–H and O–H groups in total. The smallest absolute Gasteiger partial charge is 0.174 e. The highest BCUT2D eigenvalue weighted by molar-refractivity contribution is 6.31. The summed E-state index contributed by atoms with van der Waals surface area (Å²) < 4.78 is 5.16. The van der Waals surface area contributed by atoms with Crippen LogP contribution in [0.25, 0.3) is 11.0 Å². The van der Waals surface area contributed by atoms with E-state index in [-0.39, 0.29) is 0 Å². The Hall–Kier alpha value is -1.22. The maximum absolute atomic E-state index is 5.97. The summed E-state index contributed by atoms with van der Waals surface area (Å²) in [5, 5.41) is 5.18. The Labute approximate surface area is 86.8 Å². The lowest BCUT2D eigenvalue weighted by Crippen LogP contribution is -1.89. The highest BCUT2D eigenvalue weighted by atomic mass is 35.5. The second kappa shape index (κ2) is 3.17. The zero-order chi connectivity index (χ0) is 10.3. The maximum atomic E-state index is 5.97. The van der Waals surface area contributed by atoms with Gasteiger partial charge in [-0.25, -0.2) is 0 Å². The molecule has 1 aromatic heterocycles. The molecule has 74 valence electrons. The minimum Gasteiger partial charge on any atom is -0.380 e. The van der Waals surface area contributed by atoms with Gasteiger partial charge in [0.05, 0.1) is 5.39 Å². The van der Waals surface area contributed by atoms with E-state index in [0.29, 0.717) is 16.8 Å². The van der Waals surface area contributed by atoms with Crippen molar-refractivity contribution < 1.29 is 4.52 Å². The average Bonchev–Trinajstić information content (AvgIpc) is 2.47. The van der Waals surface area contributed by atoms with Gasteiger partial charge in [-0.05, 0) is 18.1 Å². The molecule has 0 unspecified atom stereocenters. The van der Waals surface area contributed by atoms with E-state index in [4.69, 9.17) is 21.9 Å². The molecule has 0 saturated carbocycles. The van der Waals surface area contributed by atoms with Gasteiger partial charge in [-0.15, -0.1) is 0 Å². The van der Waals surface area contributed by atoms with E-state index in [9.17, 15) is 0 Å². The highest BCUT2D eigenvalue weighted by Gasteiger charge is 2.13. The molecule has 0 aliphatic carbocycles. The summed E-state index contributed by atoms with van der Waals surface area (Å²) >= 11 is 5.97. The van der Waals surface area contributed by atoms with Crippen molar-refractivity contribution in [3.63, 3.8) is 0 Å². The summed E-state index contributed by atoms with van der Waals surface area (Å²) in [6, 6.07) is 3.66. The van der Waals surface area contributed by atoms with E-state index in [0.717, 1.165) is 16.5 Å². The van der Waals surface area contributed by atoms with Gasteiger partial charge in [0, 0.05) is 10.6 Å². The van der Waals surface area contributed by atoms with Crippen LogP contribution in [-0.4, -0.2) is 5.16 Å². The minimum absolute atomic E-state index is 0.337. The molecule has 1 heterocycles. The number of hydrogen-bond donors (Lipinski definition) is 1. The Bertz CT molecular complexity index is 476. The van der Waals surface area contributed by atoms with E-state index in [1.54, 1.807) is 6.07 Å². The molecule has 3 nitrogen and oxygen atoms in total. The minimum atomic E-state index is 0.337. The predicted octanol–water partition coefficient (Wildman–Crippen LogP) is 3.19. The summed E-state index contributed by atoms with van der Waals surface area (Å²) in [6.45, 7) is 4.15. The lowest BCUT2D eigenvalue weighted by atomic mass is 10.0. The molecule has 14 heavy (non-hydrogen) atoms. The van der Waals surface area contributed by atoms with Crippen LogP contribution < -0.4 is 5.73 Å². The van der Waals surface area contributed by atoms with E-state index >= 15 is 0 Å². The number of halogens is 1. The van der Waals surface area contributed by atoms with Gasteiger partial charge < -0.3 is 10.3 Å². The van der Waals surface area contributed by atoms with Gasteiger partial charge in [0.2, 0.25) is 0 Å². The number of aromatic nitrogens is 1. The maximum Gasteiger partial charge on any atom is 0.174 e. The van der Waals surface area contributed by atoms with Gasteiger partial charge in [-0.1, -0.05) is 30.6 Å². The van der Waals surface area contributed by atoms with Crippen LogP contribution in [0.2, 0.25) is 5.02 Å². The quantitative estimate of drug-likeness (QED) is 0.787.